The van der Waals surface area contributed by atoms with Crippen molar-refractivity contribution in [3.63, 3.8) is 0 Å². The molecular formula is C20H15FN4O3. The molecule has 1 aliphatic heterocycles. The summed E-state index contributed by atoms with van der Waals surface area (Å²) in [5.41, 5.74) is 2.79. The van der Waals surface area contributed by atoms with Gasteiger partial charge in [0, 0.05) is 17.5 Å². The lowest BCUT2D eigenvalue weighted by Gasteiger charge is -2.09. The number of amides is 2. The predicted molar refractivity (Wildman–Crippen MR) is 98.4 cm³/mol. The second kappa shape index (κ2) is 6.07. The van der Waals surface area contributed by atoms with Crippen molar-refractivity contribution >= 4 is 29.4 Å². The second-order valence-corrected chi connectivity index (χ2v) is 6.94. The number of halogens is 1. The van der Waals surface area contributed by atoms with Crippen molar-refractivity contribution in [1.82, 2.24) is 9.38 Å². The topological polar surface area (TPSA) is 96.1 Å². The van der Waals surface area contributed by atoms with Gasteiger partial charge in [-0.2, -0.15) is 0 Å². The van der Waals surface area contributed by atoms with Crippen LogP contribution in [-0.2, 0) is 16.2 Å². The second-order valence-electron chi connectivity index (χ2n) is 6.94. The zero-order valence-electron chi connectivity index (χ0n) is 14.6. The van der Waals surface area contributed by atoms with Crippen molar-refractivity contribution < 1.29 is 19.1 Å². The van der Waals surface area contributed by atoms with Gasteiger partial charge in [0.25, 0.3) is 5.91 Å². The van der Waals surface area contributed by atoms with Crippen LogP contribution in [0.1, 0.15) is 12.0 Å². The van der Waals surface area contributed by atoms with Crippen LogP contribution in [0.15, 0.2) is 41.7 Å². The monoisotopic (exact) mass is 378 g/mol. The smallest absolute Gasteiger partial charge is 0.270 e. The summed E-state index contributed by atoms with van der Waals surface area (Å²) in [4.78, 5) is 31.9. The minimum Gasteiger partial charge on any atom is -0.392 e. The summed E-state index contributed by atoms with van der Waals surface area (Å²) in [6, 6.07) is 7.06. The third-order valence-corrected chi connectivity index (χ3v) is 5.02. The van der Waals surface area contributed by atoms with Gasteiger partial charge in [-0.15, -0.1) is 0 Å². The minimum atomic E-state index is -1.06. The summed E-state index contributed by atoms with van der Waals surface area (Å²) in [6.07, 6.45) is 4.10. The highest BCUT2D eigenvalue weighted by Crippen LogP contribution is 2.34. The molecule has 0 spiro atoms. The number of fused-ring (bicyclic) bond motifs is 2. The number of nitrogens with one attached hydrogen (secondary N) is 1. The van der Waals surface area contributed by atoms with Crippen molar-refractivity contribution in [1.29, 1.82) is 0 Å². The standard InChI is InChI=1S/C20H15FN4O3/c21-14-5-12(14)20(28)24-16-8-25-7-10(2-4-17(25)23-16)19-11(9-26)1-3-15-13(19)6-18(27)22-15/h1-4,6-8,12,14,26H,5,9H2,(H,24,28). The fourth-order valence-corrected chi connectivity index (χ4v) is 3.50. The number of anilines is 1. The van der Waals surface area contributed by atoms with E-state index in [0.29, 0.717) is 27.6 Å². The Kier molecular flexibility index (Phi) is 3.63. The first-order valence-corrected chi connectivity index (χ1v) is 8.85. The third-order valence-electron chi connectivity index (χ3n) is 5.02. The zero-order chi connectivity index (χ0) is 19.4. The number of alkyl halides is 1. The van der Waals surface area contributed by atoms with Gasteiger partial charge in [0.15, 0.2) is 5.82 Å². The lowest BCUT2D eigenvalue weighted by molar-refractivity contribution is -0.117. The SMILES string of the molecule is O=C1C=c2c(-c3ccc4nc(NC(=O)C5CC5F)cn4c3)c(CO)ccc2=N1. The molecule has 1 aliphatic carbocycles. The number of rotatable bonds is 4. The average Bonchev–Trinajstić information content (AvgIpc) is 3.09. The molecule has 2 amide bonds. The highest BCUT2D eigenvalue weighted by molar-refractivity contribution is 6.07. The number of carbonyl (C=O) groups excluding carboxylic acids is 2. The molecule has 0 saturated heterocycles. The number of benzene rings is 1. The zero-order valence-corrected chi connectivity index (χ0v) is 14.6. The Morgan fingerprint density at radius 1 is 1.29 bits per heavy atom. The maximum atomic E-state index is 13.0. The molecule has 1 saturated carbocycles. The fourth-order valence-electron chi connectivity index (χ4n) is 3.50. The van der Waals surface area contributed by atoms with Crippen LogP contribution in [0.5, 0.6) is 0 Å². The van der Waals surface area contributed by atoms with E-state index in [2.05, 4.69) is 15.3 Å². The van der Waals surface area contributed by atoms with E-state index < -0.39 is 12.1 Å². The summed E-state index contributed by atoms with van der Waals surface area (Å²) in [7, 11) is 0. The average molecular weight is 378 g/mol. The molecule has 2 atom stereocenters. The van der Waals surface area contributed by atoms with Crippen LogP contribution in [0.3, 0.4) is 0 Å². The first kappa shape index (κ1) is 16.8. The number of aromatic nitrogens is 2. The van der Waals surface area contributed by atoms with Crippen molar-refractivity contribution in [2.75, 3.05) is 5.32 Å². The Bertz CT molecular complexity index is 1280. The largest absolute Gasteiger partial charge is 0.392 e. The number of carbonyl (C=O) groups is 2. The molecule has 2 N–H and O–H groups in total. The van der Waals surface area contributed by atoms with Crippen LogP contribution >= 0.6 is 0 Å². The summed E-state index contributed by atoms with van der Waals surface area (Å²) in [5.74, 6) is -0.935. The van der Waals surface area contributed by atoms with E-state index in [9.17, 15) is 19.1 Å². The van der Waals surface area contributed by atoms with Crippen molar-refractivity contribution in [2.24, 2.45) is 10.9 Å². The van der Waals surface area contributed by atoms with E-state index >= 15 is 0 Å². The number of hydrogen-bond acceptors (Lipinski definition) is 4. The van der Waals surface area contributed by atoms with Crippen molar-refractivity contribution in [3.8, 4) is 11.1 Å². The number of aliphatic hydroxyl groups is 1. The Labute approximate surface area is 157 Å². The predicted octanol–water partition coefficient (Wildman–Crippen LogP) is 0.730. The van der Waals surface area contributed by atoms with Crippen LogP contribution in [0.2, 0.25) is 0 Å². The quantitative estimate of drug-likeness (QED) is 0.700. The van der Waals surface area contributed by atoms with E-state index in [4.69, 9.17) is 0 Å². The van der Waals surface area contributed by atoms with Gasteiger partial charge < -0.3 is 14.8 Å². The number of aliphatic hydroxyl groups excluding tert-OH is 1. The molecule has 7 nitrogen and oxygen atoms in total. The first-order chi connectivity index (χ1) is 13.5. The highest BCUT2D eigenvalue weighted by atomic mass is 19.1. The number of nitrogens with zero attached hydrogens (tertiary/aromatic N) is 3. The van der Waals surface area contributed by atoms with Crippen molar-refractivity contribution in [3.05, 3.63) is 52.8 Å². The lowest BCUT2D eigenvalue weighted by Crippen LogP contribution is -2.25. The maximum absolute atomic E-state index is 13.0. The molecular weight excluding hydrogens is 363 g/mol. The molecule has 2 aromatic heterocycles. The molecule has 0 radical (unpaired) electrons. The molecule has 1 fully saturated rings. The van der Waals surface area contributed by atoms with Gasteiger partial charge in [0.05, 0.1) is 24.1 Å². The molecule has 2 unspecified atom stereocenters. The minimum absolute atomic E-state index is 0.181. The summed E-state index contributed by atoms with van der Waals surface area (Å²) in [5, 5.41) is 13.6. The maximum Gasteiger partial charge on any atom is 0.270 e. The molecule has 2 aliphatic rings. The van der Waals surface area contributed by atoms with E-state index in [1.165, 1.54) is 6.08 Å². The lowest BCUT2D eigenvalue weighted by atomic mass is 9.98. The molecule has 140 valence electrons. The van der Waals surface area contributed by atoms with Crippen molar-refractivity contribution in [2.45, 2.75) is 19.2 Å². The van der Waals surface area contributed by atoms with Gasteiger partial charge in [-0.25, -0.2) is 14.4 Å². The molecule has 0 bridgehead atoms. The number of hydrogen-bond donors (Lipinski definition) is 2. The van der Waals surface area contributed by atoms with Crippen LogP contribution in [0.25, 0.3) is 22.9 Å². The van der Waals surface area contributed by atoms with E-state index in [0.717, 1.165) is 11.1 Å². The summed E-state index contributed by atoms with van der Waals surface area (Å²) in [6.45, 7) is -0.181. The fraction of sp³-hybridized carbons (Fsp3) is 0.200. The molecule has 3 heterocycles. The Balaban J connectivity index is 1.57. The van der Waals surface area contributed by atoms with Gasteiger partial charge in [-0.3, -0.25) is 9.59 Å². The Morgan fingerprint density at radius 2 is 2.11 bits per heavy atom. The van der Waals surface area contributed by atoms with Crippen LogP contribution in [-0.4, -0.2) is 32.5 Å². The number of imidazole rings is 1. The highest BCUT2D eigenvalue weighted by Gasteiger charge is 2.43. The van der Waals surface area contributed by atoms with E-state index in [-0.39, 0.29) is 24.8 Å². The van der Waals surface area contributed by atoms with Crippen LogP contribution in [0.4, 0.5) is 10.2 Å². The Morgan fingerprint density at radius 3 is 2.86 bits per heavy atom. The van der Waals surface area contributed by atoms with Gasteiger partial charge >= 0.3 is 0 Å². The first-order valence-electron chi connectivity index (χ1n) is 8.85. The molecule has 1 aromatic carbocycles. The van der Waals surface area contributed by atoms with Gasteiger partial charge in [-0.1, -0.05) is 6.07 Å². The molecule has 3 aromatic rings. The molecule has 8 heteroatoms. The summed E-state index contributed by atoms with van der Waals surface area (Å²) < 4.78 is 14.8. The van der Waals surface area contributed by atoms with Gasteiger partial charge in [0.2, 0.25) is 5.91 Å². The van der Waals surface area contributed by atoms with Gasteiger partial charge in [0.1, 0.15) is 11.8 Å². The Hall–Kier alpha value is -3.39. The van der Waals surface area contributed by atoms with Crippen LogP contribution in [0, 0.1) is 5.92 Å². The van der Waals surface area contributed by atoms with E-state index in [1.54, 1.807) is 35.0 Å². The van der Waals surface area contributed by atoms with Crippen LogP contribution < -0.4 is 15.9 Å². The number of pyridine rings is 1. The summed E-state index contributed by atoms with van der Waals surface area (Å²) >= 11 is 0. The molecule has 5 rings (SSSR count). The van der Waals surface area contributed by atoms with Gasteiger partial charge in [-0.05, 0) is 41.3 Å². The normalized spacial score (nSPS) is 19.9. The van der Waals surface area contributed by atoms with E-state index in [1.807, 2.05) is 6.07 Å². The third kappa shape index (κ3) is 2.69. The molecule has 28 heavy (non-hydrogen) atoms.